The Balaban J connectivity index is 2.48. The van der Waals surface area contributed by atoms with Gasteiger partial charge in [0, 0.05) is 12.2 Å². The first-order valence-electron chi connectivity index (χ1n) is 5.56. The summed E-state index contributed by atoms with van der Waals surface area (Å²) in [4.78, 5) is 15.1. The molecule has 16 heavy (non-hydrogen) atoms. The number of rotatable bonds is 5. The van der Waals surface area contributed by atoms with Crippen molar-refractivity contribution in [1.82, 2.24) is 10.3 Å². The summed E-state index contributed by atoms with van der Waals surface area (Å²) in [5, 5.41) is 2.85. The Morgan fingerprint density at radius 3 is 2.88 bits per heavy atom. The van der Waals surface area contributed by atoms with E-state index in [9.17, 15) is 9.18 Å². The number of aromatic nitrogens is 1. The predicted molar refractivity (Wildman–Crippen MR) is 60.6 cm³/mol. The van der Waals surface area contributed by atoms with Crippen LogP contribution in [-0.2, 0) is 0 Å². The number of carbonyl (C=O) groups excluding carboxylic acids is 1. The van der Waals surface area contributed by atoms with Gasteiger partial charge in [-0.2, -0.15) is 4.39 Å². The van der Waals surface area contributed by atoms with Gasteiger partial charge in [0.15, 0.2) is 0 Å². The van der Waals surface area contributed by atoms with Crippen LogP contribution in [0.4, 0.5) is 4.39 Å². The van der Waals surface area contributed by atoms with Gasteiger partial charge in [-0.25, -0.2) is 4.98 Å². The van der Waals surface area contributed by atoms with Gasteiger partial charge in [-0.3, -0.25) is 4.79 Å². The molecular formula is C12H17FN2O. The monoisotopic (exact) mass is 224 g/mol. The quantitative estimate of drug-likeness (QED) is 0.781. The van der Waals surface area contributed by atoms with E-state index in [0.717, 1.165) is 19.3 Å². The Hall–Kier alpha value is -1.45. The number of halogens is 1. The molecule has 4 heteroatoms. The lowest BCUT2D eigenvalue weighted by Crippen LogP contribution is -2.32. The van der Waals surface area contributed by atoms with Crippen molar-refractivity contribution >= 4 is 5.91 Å². The van der Waals surface area contributed by atoms with Crippen molar-refractivity contribution in [3.63, 3.8) is 0 Å². The summed E-state index contributed by atoms with van der Waals surface area (Å²) >= 11 is 0. The fraction of sp³-hybridized carbons (Fsp3) is 0.500. The van der Waals surface area contributed by atoms with Crippen molar-refractivity contribution in [2.24, 2.45) is 0 Å². The second-order valence-corrected chi connectivity index (χ2v) is 3.89. The average Bonchev–Trinajstić information content (AvgIpc) is 2.27. The summed E-state index contributed by atoms with van der Waals surface area (Å²) in [6, 6.07) is 2.76. The lowest BCUT2D eigenvalue weighted by atomic mass is 10.1. The van der Waals surface area contributed by atoms with E-state index in [4.69, 9.17) is 0 Å². The molecule has 0 fully saturated rings. The Kier molecular flexibility index (Phi) is 4.89. The molecule has 1 atom stereocenters. The standard InChI is InChI=1S/C12H17FN2O/c1-3-4-5-9(2)15-12(16)10-6-7-11(13)14-8-10/h6-9H,3-5H2,1-2H3,(H,15,16). The third-order valence-corrected chi connectivity index (χ3v) is 2.36. The third kappa shape index (κ3) is 3.96. The number of carbonyl (C=O) groups is 1. The van der Waals surface area contributed by atoms with E-state index in [0.29, 0.717) is 5.56 Å². The number of pyridine rings is 1. The maximum atomic E-state index is 12.5. The van der Waals surface area contributed by atoms with Crippen LogP contribution in [0.3, 0.4) is 0 Å². The molecule has 0 aliphatic carbocycles. The molecule has 0 bridgehead atoms. The van der Waals surface area contributed by atoms with E-state index in [2.05, 4.69) is 17.2 Å². The van der Waals surface area contributed by atoms with Crippen molar-refractivity contribution in [3.8, 4) is 0 Å². The summed E-state index contributed by atoms with van der Waals surface area (Å²) < 4.78 is 12.5. The zero-order valence-corrected chi connectivity index (χ0v) is 9.66. The highest BCUT2D eigenvalue weighted by Gasteiger charge is 2.09. The number of nitrogens with one attached hydrogen (secondary N) is 1. The molecule has 1 N–H and O–H groups in total. The summed E-state index contributed by atoms with van der Waals surface area (Å²) in [5.41, 5.74) is 0.393. The first-order chi connectivity index (χ1) is 7.63. The van der Waals surface area contributed by atoms with Gasteiger partial charge in [-0.15, -0.1) is 0 Å². The molecule has 1 rings (SSSR count). The van der Waals surface area contributed by atoms with E-state index in [1.165, 1.54) is 18.3 Å². The van der Waals surface area contributed by atoms with E-state index >= 15 is 0 Å². The van der Waals surface area contributed by atoms with Gasteiger partial charge in [-0.1, -0.05) is 19.8 Å². The molecule has 0 saturated heterocycles. The molecule has 1 heterocycles. The summed E-state index contributed by atoms with van der Waals surface area (Å²) in [5.74, 6) is -0.772. The minimum atomic E-state index is -0.574. The SMILES string of the molecule is CCCCC(C)NC(=O)c1ccc(F)nc1. The Labute approximate surface area is 95.1 Å². The van der Waals surface area contributed by atoms with Crippen LogP contribution in [0.5, 0.6) is 0 Å². The van der Waals surface area contributed by atoms with Gasteiger partial charge in [0.2, 0.25) is 5.95 Å². The van der Waals surface area contributed by atoms with Crippen LogP contribution in [0.2, 0.25) is 0 Å². The third-order valence-electron chi connectivity index (χ3n) is 2.36. The van der Waals surface area contributed by atoms with E-state index in [1.54, 1.807) is 0 Å². The lowest BCUT2D eigenvalue weighted by Gasteiger charge is -2.12. The van der Waals surface area contributed by atoms with Crippen LogP contribution >= 0.6 is 0 Å². The van der Waals surface area contributed by atoms with Crippen molar-refractivity contribution in [3.05, 3.63) is 29.8 Å². The summed E-state index contributed by atoms with van der Waals surface area (Å²) in [6.45, 7) is 4.07. The molecule has 0 aliphatic heterocycles. The largest absolute Gasteiger partial charge is 0.350 e. The fourth-order valence-electron chi connectivity index (χ4n) is 1.40. The molecule has 88 valence electrons. The smallest absolute Gasteiger partial charge is 0.253 e. The number of hydrogen-bond acceptors (Lipinski definition) is 2. The molecule has 0 aliphatic rings. The highest BCUT2D eigenvalue weighted by Crippen LogP contribution is 2.03. The van der Waals surface area contributed by atoms with Crippen LogP contribution in [0, 0.1) is 5.95 Å². The van der Waals surface area contributed by atoms with Gasteiger partial charge in [0.25, 0.3) is 5.91 Å². The molecule has 1 aromatic rings. The molecule has 3 nitrogen and oxygen atoms in total. The zero-order chi connectivity index (χ0) is 12.0. The molecule has 0 radical (unpaired) electrons. The van der Waals surface area contributed by atoms with Crippen molar-refractivity contribution in [1.29, 1.82) is 0 Å². The molecule has 1 aromatic heterocycles. The van der Waals surface area contributed by atoms with Gasteiger partial charge in [0.05, 0.1) is 5.56 Å². The van der Waals surface area contributed by atoms with Crippen molar-refractivity contribution in [2.45, 2.75) is 39.2 Å². The van der Waals surface area contributed by atoms with E-state index in [1.807, 2.05) is 6.92 Å². The van der Waals surface area contributed by atoms with E-state index < -0.39 is 5.95 Å². The number of nitrogens with zero attached hydrogens (tertiary/aromatic N) is 1. The van der Waals surface area contributed by atoms with Crippen molar-refractivity contribution < 1.29 is 9.18 Å². The topological polar surface area (TPSA) is 42.0 Å². The van der Waals surface area contributed by atoms with Crippen LogP contribution in [0.15, 0.2) is 18.3 Å². The molecule has 1 amide bonds. The maximum absolute atomic E-state index is 12.5. The van der Waals surface area contributed by atoms with Gasteiger partial charge in [-0.05, 0) is 25.5 Å². The van der Waals surface area contributed by atoms with Crippen LogP contribution < -0.4 is 5.32 Å². The Morgan fingerprint density at radius 1 is 1.56 bits per heavy atom. The molecule has 0 spiro atoms. The Morgan fingerprint density at radius 2 is 2.31 bits per heavy atom. The fourth-order valence-corrected chi connectivity index (χ4v) is 1.40. The summed E-state index contributed by atoms with van der Waals surface area (Å²) in [7, 11) is 0. The highest BCUT2D eigenvalue weighted by atomic mass is 19.1. The predicted octanol–water partition coefficient (Wildman–Crippen LogP) is 2.53. The lowest BCUT2D eigenvalue weighted by molar-refractivity contribution is 0.0937. The highest BCUT2D eigenvalue weighted by molar-refractivity contribution is 5.93. The summed E-state index contributed by atoms with van der Waals surface area (Å²) in [6.07, 6.45) is 4.40. The average molecular weight is 224 g/mol. The molecule has 0 saturated carbocycles. The van der Waals surface area contributed by atoms with Crippen LogP contribution in [-0.4, -0.2) is 16.9 Å². The van der Waals surface area contributed by atoms with Crippen LogP contribution in [0.25, 0.3) is 0 Å². The molecule has 1 unspecified atom stereocenters. The number of unbranched alkanes of at least 4 members (excludes halogenated alkanes) is 1. The second-order valence-electron chi connectivity index (χ2n) is 3.89. The second kappa shape index (κ2) is 6.20. The van der Waals surface area contributed by atoms with Crippen molar-refractivity contribution in [2.75, 3.05) is 0 Å². The zero-order valence-electron chi connectivity index (χ0n) is 9.66. The van der Waals surface area contributed by atoms with E-state index in [-0.39, 0.29) is 11.9 Å². The minimum absolute atomic E-state index is 0.137. The number of hydrogen-bond donors (Lipinski definition) is 1. The minimum Gasteiger partial charge on any atom is -0.350 e. The normalized spacial score (nSPS) is 12.2. The Bertz CT molecular complexity index is 337. The van der Waals surface area contributed by atoms with Crippen LogP contribution in [0.1, 0.15) is 43.5 Å². The first-order valence-corrected chi connectivity index (χ1v) is 5.56. The first kappa shape index (κ1) is 12.6. The molecule has 0 aromatic carbocycles. The van der Waals surface area contributed by atoms with Gasteiger partial charge < -0.3 is 5.32 Å². The van der Waals surface area contributed by atoms with Gasteiger partial charge >= 0.3 is 0 Å². The number of amides is 1. The van der Waals surface area contributed by atoms with Gasteiger partial charge in [0.1, 0.15) is 0 Å². The molecular weight excluding hydrogens is 207 g/mol. The maximum Gasteiger partial charge on any atom is 0.253 e.